The number of hydrogen-bond donors (Lipinski definition) is 0. The number of halogens is 3. The third-order valence-corrected chi connectivity index (χ3v) is 8.73. The van der Waals surface area contributed by atoms with Gasteiger partial charge in [0.1, 0.15) is 8.07 Å². The van der Waals surface area contributed by atoms with Crippen LogP contribution in [0, 0.1) is 23.3 Å². The van der Waals surface area contributed by atoms with Gasteiger partial charge in [0, 0.05) is 5.56 Å². The van der Waals surface area contributed by atoms with Crippen LogP contribution in [0.5, 0.6) is 0 Å². The second-order valence-corrected chi connectivity index (χ2v) is 10.1. The Labute approximate surface area is 136 Å². The molecule has 23 heavy (non-hydrogen) atoms. The van der Waals surface area contributed by atoms with Gasteiger partial charge in [0.2, 0.25) is 0 Å². The molecule has 0 N–H and O–H groups in total. The Morgan fingerprint density at radius 1 is 1.04 bits per heavy atom. The molecule has 0 atom stereocenters. The van der Waals surface area contributed by atoms with Gasteiger partial charge in [-0.1, -0.05) is 38.8 Å². The highest BCUT2D eigenvalue weighted by Gasteiger charge is 2.32. The van der Waals surface area contributed by atoms with Crippen LogP contribution in [0.2, 0.25) is 18.1 Å². The van der Waals surface area contributed by atoms with Crippen molar-refractivity contribution in [2.45, 2.75) is 45.1 Å². The fraction of sp³-hybridized carbons (Fsp3) is 0.389. The molecular formula is C18H19F3OSi. The van der Waals surface area contributed by atoms with Crippen molar-refractivity contribution < 1.29 is 18.0 Å². The minimum Gasteiger partial charge on any atom is -0.270 e. The number of hydrogen-bond acceptors (Lipinski definition) is 1. The van der Waals surface area contributed by atoms with Crippen LogP contribution in [0.3, 0.4) is 0 Å². The number of carbonyl (C=O) groups excluding carboxylic acids is 1. The molecule has 0 bridgehead atoms. The molecular weight excluding hydrogens is 317 g/mol. The Balaban J connectivity index is 3.05. The van der Waals surface area contributed by atoms with E-state index in [2.05, 4.69) is 44.1 Å². The molecule has 0 aliphatic heterocycles. The molecule has 0 aliphatic rings. The molecule has 0 aromatic heterocycles. The minimum atomic E-state index is -4.49. The quantitative estimate of drug-likeness (QED) is 0.579. The molecule has 0 saturated heterocycles. The van der Waals surface area contributed by atoms with Gasteiger partial charge < -0.3 is 0 Å². The van der Waals surface area contributed by atoms with E-state index in [0.29, 0.717) is 0 Å². The molecule has 0 fully saturated rings. The monoisotopic (exact) mass is 336 g/mol. The molecule has 0 radical (unpaired) electrons. The van der Waals surface area contributed by atoms with E-state index in [9.17, 15) is 18.0 Å². The lowest BCUT2D eigenvalue weighted by molar-refractivity contribution is -0.137. The highest BCUT2D eigenvalue weighted by molar-refractivity contribution is 6.87. The third-order valence-electron chi connectivity index (χ3n) is 4.01. The first-order valence-electron chi connectivity index (χ1n) is 7.53. The average Bonchev–Trinajstić information content (AvgIpc) is 2.54. The van der Waals surface area contributed by atoms with Crippen LogP contribution in [0.25, 0.3) is 0 Å². The fourth-order valence-corrected chi connectivity index (χ4v) is 4.61. The number of ketones is 1. The molecule has 0 amide bonds. The highest BCUT2D eigenvalue weighted by Crippen LogP contribution is 2.31. The van der Waals surface area contributed by atoms with Crippen molar-refractivity contribution in [1.82, 2.24) is 0 Å². The van der Waals surface area contributed by atoms with E-state index < -0.39 is 25.6 Å². The van der Waals surface area contributed by atoms with Gasteiger partial charge in [-0.05, 0) is 42.1 Å². The summed E-state index contributed by atoms with van der Waals surface area (Å²) in [6.45, 7) is 6.18. The van der Waals surface area contributed by atoms with E-state index in [1.807, 2.05) is 0 Å². The SMILES string of the molecule is CC[Si](C#CC(=O)C#Cc1ccccc1C(F)(F)F)(CC)CC. The molecule has 0 aliphatic carbocycles. The summed E-state index contributed by atoms with van der Waals surface area (Å²) in [6.07, 6.45) is -4.49. The zero-order valence-electron chi connectivity index (χ0n) is 13.5. The lowest BCUT2D eigenvalue weighted by Gasteiger charge is -2.19. The third kappa shape index (κ3) is 5.30. The second-order valence-electron chi connectivity index (χ2n) is 5.21. The maximum atomic E-state index is 12.8. The van der Waals surface area contributed by atoms with Crippen LogP contribution < -0.4 is 0 Å². The van der Waals surface area contributed by atoms with Crippen LogP contribution in [0.15, 0.2) is 24.3 Å². The zero-order valence-corrected chi connectivity index (χ0v) is 14.5. The van der Waals surface area contributed by atoms with Crippen LogP contribution in [0.1, 0.15) is 31.9 Å². The number of benzene rings is 1. The summed E-state index contributed by atoms with van der Waals surface area (Å²) in [7, 11) is -1.76. The van der Waals surface area contributed by atoms with Gasteiger partial charge in [0.25, 0.3) is 5.78 Å². The largest absolute Gasteiger partial charge is 0.417 e. The average molecular weight is 336 g/mol. The van der Waals surface area contributed by atoms with Crippen molar-refractivity contribution >= 4 is 13.9 Å². The van der Waals surface area contributed by atoms with E-state index in [-0.39, 0.29) is 5.56 Å². The molecule has 1 aromatic carbocycles. The summed E-state index contributed by atoms with van der Waals surface area (Å²) in [4.78, 5) is 11.8. The minimum absolute atomic E-state index is 0.208. The van der Waals surface area contributed by atoms with E-state index in [1.54, 1.807) is 0 Å². The first kappa shape index (κ1) is 19.1. The Bertz CT molecular complexity index is 672. The first-order chi connectivity index (χ1) is 10.8. The Morgan fingerprint density at radius 3 is 2.13 bits per heavy atom. The van der Waals surface area contributed by atoms with E-state index in [0.717, 1.165) is 24.2 Å². The standard InChI is InChI=1S/C18H19F3OSi/c1-4-23(5-2,6-3)14-13-16(22)12-11-15-9-7-8-10-17(15)18(19,20)21/h7-10H,4-6H2,1-3H3. The molecule has 1 nitrogen and oxygen atoms in total. The molecule has 0 heterocycles. The lowest BCUT2D eigenvalue weighted by atomic mass is 10.1. The summed E-state index contributed by atoms with van der Waals surface area (Å²) in [5.41, 5.74) is 2.03. The van der Waals surface area contributed by atoms with Gasteiger partial charge >= 0.3 is 6.18 Å². The van der Waals surface area contributed by atoms with Crippen LogP contribution in [-0.2, 0) is 11.0 Å². The maximum absolute atomic E-state index is 12.8. The number of rotatable bonds is 3. The Hall–Kier alpha value is -1.98. The van der Waals surface area contributed by atoms with Crippen molar-refractivity contribution in [3.8, 4) is 23.3 Å². The van der Waals surface area contributed by atoms with Gasteiger partial charge in [0.15, 0.2) is 0 Å². The topological polar surface area (TPSA) is 17.1 Å². The molecule has 0 spiro atoms. The summed E-state index contributed by atoms with van der Waals surface area (Å²) in [5, 5.41) is 0. The predicted octanol–water partition coefficient (Wildman–Crippen LogP) is 4.68. The molecule has 0 unspecified atom stereocenters. The summed E-state index contributed by atoms with van der Waals surface area (Å²) >= 11 is 0. The van der Waals surface area contributed by atoms with Crippen LogP contribution >= 0.6 is 0 Å². The molecule has 122 valence electrons. The lowest BCUT2D eigenvalue weighted by Crippen LogP contribution is -2.29. The number of alkyl halides is 3. The Morgan fingerprint density at radius 2 is 1.61 bits per heavy atom. The van der Waals surface area contributed by atoms with Gasteiger partial charge in [-0.15, -0.1) is 5.54 Å². The molecule has 1 aromatic rings. The highest BCUT2D eigenvalue weighted by atomic mass is 28.3. The van der Waals surface area contributed by atoms with Crippen molar-refractivity contribution in [1.29, 1.82) is 0 Å². The number of carbonyl (C=O) groups is 1. The van der Waals surface area contributed by atoms with Crippen molar-refractivity contribution in [2.24, 2.45) is 0 Å². The molecule has 0 saturated carbocycles. The fourth-order valence-electron chi connectivity index (χ4n) is 2.20. The summed E-state index contributed by atoms with van der Waals surface area (Å²) in [5.74, 6) is 6.41. The smallest absolute Gasteiger partial charge is 0.270 e. The normalized spacial score (nSPS) is 11.0. The zero-order chi connectivity index (χ0) is 17.5. The van der Waals surface area contributed by atoms with E-state index >= 15 is 0 Å². The Kier molecular flexibility index (Phi) is 6.66. The van der Waals surface area contributed by atoms with Gasteiger partial charge in [-0.2, -0.15) is 13.2 Å². The van der Waals surface area contributed by atoms with Crippen LogP contribution in [-0.4, -0.2) is 13.9 Å². The maximum Gasteiger partial charge on any atom is 0.417 e. The molecule has 5 heteroatoms. The summed E-state index contributed by atoms with van der Waals surface area (Å²) < 4.78 is 38.5. The second kappa shape index (κ2) is 8.03. The van der Waals surface area contributed by atoms with Crippen molar-refractivity contribution in [3.63, 3.8) is 0 Å². The van der Waals surface area contributed by atoms with E-state index in [1.165, 1.54) is 18.2 Å². The predicted molar refractivity (Wildman–Crippen MR) is 88.3 cm³/mol. The van der Waals surface area contributed by atoms with Gasteiger partial charge in [0.05, 0.1) is 5.56 Å². The summed E-state index contributed by atoms with van der Waals surface area (Å²) in [6, 6.07) is 7.79. The first-order valence-corrected chi connectivity index (χ1v) is 10.2. The van der Waals surface area contributed by atoms with Crippen molar-refractivity contribution in [3.05, 3.63) is 35.4 Å². The van der Waals surface area contributed by atoms with E-state index in [4.69, 9.17) is 0 Å². The van der Waals surface area contributed by atoms with Gasteiger partial charge in [-0.3, -0.25) is 4.79 Å². The van der Waals surface area contributed by atoms with Crippen molar-refractivity contribution in [2.75, 3.05) is 0 Å². The molecule has 1 rings (SSSR count). The van der Waals surface area contributed by atoms with Gasteiger partial charge in [-0.25, -0.2) is 0 Å². The van der Waals surface area contributed by atoms with Crippen LogP contribution in [0.4, 0.5) is 13.2 Å². The number of Topliss-reactive ketones (excluding diaryl/α,β-unsaturated/α-hetero) is 1.